The van der Waals surface area contributed by atoms with Crippen molar-refractivity contribution in [3.8, 4) is 5.75 Å². The third kappa shape index (κ3) is 4.33. The van der Waals surface area contributed by atoms with Crippen molar-refractivity contribution in [2.75, 3.05) is 18.6 Å². The molecule has 1 unspecified atom stereocenters. The smallest absolute Gasteiger partial charge is 0.119 e. The molecule has 4 nitrogen and oxygen atoms in total. The molecular formula is C24H22ClN3O. The van der Waals surface area contributed by atoms with Crippen LogP contribution in [0.25, 0.3) is 0 Å². The number of nitrogens with zero attached hydrogens (tertiary/aromatic N) is 2. The van der Waals surface area contributed by atoms with Gasteiger partial charge in [0.1, 0.15) is 5.75 Å². The largest absolute Gasteiger partial charge is 0.494 e. The second kappa shape index (κ2) is 8.93. The van der Waals surface area contributed by atoms with Crippen molar-refractivity contribution in [1.82, 2.24) is 0 Å². The summed E-state index contributed by atoms with van der Waals surface area (Å²) in [4.78, 5) is 4.80. The monoisotopic (exact) mass is 403 g/mol. The molecule has 0 saturated carbocycles. The Kier molecular flexibility index (Phi) is 5.92. The highest BCUT2D eigenvalue weighted by Gasteiger charge is 2.30. The van der Waals surface area contributed by atoms with Gasteiger partial charge in [-0.1, -0.05) is 60.1 Å². The molecule has 0 amide bonds. The minimum absolute atomic E-state index is 0.00843. The first-order valence-electron chi connectivity index (χ1n) is 9.67. The zero-order valence-corrected chi connectivity index (χ0v) is 16.9. The van der Waals surface area contributed by atoms with Gasteiger partial charge in [-0.05, 0) is 42.8 Å². The zero-order chi connectivity index (χ0) is 20.1. The summed E-state index contributed by atoms with van der Waals surface area (Å²) in [7, 11) is 0. The van der Waals surface area contributed by atoms with E-state index in [0.717, 1.165) is 39.0 Å². The minimum atomic E-state index is 0.00843. The lowest BCUT2D eigenvalue weighted by molar-refractivity contribution is 0.340. The molecule has 3 aromatic carbocycles. The van der Waals surface area contributed by atoms with Crippen LogP contribution in [0.5, 0.6) is 5.75 Å². The minimum Gasteiger partial charge on any atom is -0.494 e. The molecule has 0 spiro atoms. The third-order valence-corrected chi connectivity index (χ3v) is 5.15. The second-order valence-electron chi connectivity index (χ2n) is 6.70. The predicted molar refractivity (Wildman–Crippen MR) is 121 cm³/mol. The van der Waals surface area contributed by atoms with Gasteiger partial charge in [0, 0.05) is 10.6 Å². The molecule has 3 aromatic rings. The highest BCUT2D eigenvalue weighted by Crippen LogP contribution is 2.31. The maximum Gasteiger partial charge on any atom is 0.119 e. The van der Waals surface area contributed by atoms with Crippen molar-refractivity contribution in [3.05, 3.63) is 95.0 Å². The fourth-order valence-electron chi connectivity index (χ4n) is 3.40. The molecule has 1 aliphatic heterocycles. The molecule has 0 aliphatic carbocycles. The second-order valence-corrected chi connectivity index (χ2v) is 7.10. The van der Waals surface area contributed by atoms with Crippen LogP contribution in [0.15, 0.2) is 89.0 Å². The first-order valence-corrected chi connectivity index (χ1v) is 10.0. The maximum absolute atomic E-state index is 6.49. The number of nitrogens with one attached hydrogen (secondary N) is 1. The van der Waals surface area contributed by atoms with Crippen LogP contribution in [0.1, 0.15) is 24.0 Å². The summed E-state index contributed by atoms with van der Waals surface area (Å²) >= 11 is 6.49. The molecule has 0 aromatic heterocycles. The molecule has 5 heteroatoms. The Labute approximate surface area is 175 Å². The summed E-state index contributed by atoms with van der Waals surface area (Å²) in [6.07, 6.45) is 0. The lowest BCUT2D eigenvalue weighted by Crippen LogP contribution is -2.20. The van der Waals surface area contributed by atoms with Gasteiger partial charge < -0.3 is 4.74 Å². The number of ether oxygens (including phenoxy) is 1. The SMILES string of the molecule is CCOc1ccc(NN=C2C(c3ccccc3)=NCC2c2ccccc2Cl)cc1. The quantitative estimate of drug-likeness (QED) is 0.529. The zero-order valence-electron chi connectivity index (χ0n) is 16.2. The summed E-state index contributed by atoms with van der Waals surface area (Å²) in [6.45, 7) is 3.24. The summed E-state index contributed by atoms with van der Waals surface area (Å²) < 4.78 is 5.50. The van der Waals surface area contributed by atoms with Crippen LogP contribution < -0.4 is 10.2 Å². The van der Waals surface area contributed by atoms with Gasteiger partial charge in [-0.2, -0.15) is 5.10 Å². The van der Waals surface area contributed by atoms with Gasteiger partial charge in [0.2, 0.25) is 0 Å². The summed E-state index contributed by atoms with van der Waals surface area (Å²) in [5.41, 5.74) is 7.94. The highest BCUT2D eigenvalue weighted by molar-refractivity contribution is 6.51. The Hall–Kier alpha value is -3.11. The van der Waals surface area contributed by atoms with E-state index < -0.39 is 0 Å². The van der Waals surface area contributed by atoms with Gasteiger partial charge in [0.15, 0.2) is 0 Å². The van der Waals surface area contributed by atoms with Gasteiger partial charge in [-0.15, -0.1) is 0 Å². The van der Waals surface area contributed by atoms with E-state index in [4.69, 9.17) is 26.4 Å². The topological polar surface area (TPSA) is 46.0 Å². The van der Waals surface area contributed by atoms with E-state index in [1.54, 1.807) is 0 Å². The van der Waals surface area contributed by atoms with Gasteiger partial charge in [-0.3, -0.25) is 10.4 Å². The Morgan fingerprint density at radius 2 is 1.72 bits per heavy atom. The molecule has 0 fully saturated rings. The van der Waals surface area contributed by atoms with Crippen LogP contribution >= 0.6 is 11.6 Å². The maximum atomic E-state index is 6.49. The molecule has 1 heterocycles. The molecule has 0 bridgehead atoms. The number of hydrogen-bond donors (Lipinski definition) is 1. The summed E-state index contributed by atoms with van der Waals surface area (Å²) in [5, 5.41) is 5.49. The van der Waals surface area contributed by atoms with Crippen molar-refractivity contribution in [3.63, 3.8) is 0 Å². The predicted octanol–water partition coefficient (Wildman–Crippen LogP) is 5.79. The van der Waals surface area contributed by atoms with Crippen molar-refractivity contribution in [1.29, 1.82) is 0 Å². The van der Waals surface area contributed by atoms with Gasteiger partial charge >= 0.3 is 0 Å². The van der Waals surface area contributed by atoms with E-state index >= 15 is 0 Å². The summed E-state index contributed by atoms with van der Waals surface area (Å²) in [5.74, 6) is 0.848. The Morgan fingerprint density at radius 1 is 1.00 bits per heavy atom. The van der Waals surface area contributed by atoms with Crippen LogP contribution in [0.2, 0.25) is 5.02 Å². The lowest BCUT2D eigenvalue weighted by atomic mass is 9.92. The Bertz CT molecular complexity index is 1030. The first-order chi connectivity index (χ1) is 14.3. The highest BCUT2D eigenvalue weighted by atomic mass is 35.5. The molecule has 0 saturated heterocycles. The van der Waals surface area contributed by atoms with E-state index in [1.807, 2.05) is 73.7 Å². The fraction of sp³-hybridized carbons (Fsp3) is 0.167. The molecule has 1 aliphatic rings. The number of anilines is 1. The number of rotatable bonds is 6. The van der Waals surface area contributed by atoms with Crippen molar-refractivity contribution in [2.45, 2.75) is 12.8 Å². The van der Waals surface area contributed by atoms with E-state index in [2.05, 4.69) is 17.6 Å². The molecule has 29 heavy (non-hydrogen) atoms. The van der Waals surface area contributed by atoms with Crippen LogP contribution in [0.3, 0.4) is 0 Å². The molecule has 1 N–H and O–H groups in total. The number of hydrazone groups is 1. The molecule has 0 radical (unpaired) electrons. The van der Waals surface area contributed by atoms with Gasteiger partial charge in [-0.25, -0.2) is 0 Å². The van der Waals surface area contributed by atoms with E-state index in [0.29, 0.717) is 13.2 Å². The molecule has 1 atom stereocenters. The average Bonchev–Trinajstić information content (AvgIpc) is 3.18. The third-order valence-electron chi connectivity index (χ3n) is 4.80. The van der Waals surface area contributed by atoms with Crippen LogP contribution in [0, 0.1) is 0 Å². The Balaban J connectivity index is 1.66. The fourth-order valence-corrected chi connectivity index (χ4v) is 3.67. The van der Waals surface area contributed by atoms with Crippen LogP contribution in [0.4, 0.5) is 5.69 Å². The number of hydrogen-bond acceptors (Lipinski definition) is 4. The first kappa shape index (κ1) is 19.2. The lowest BCUT2D eigenvalue weighted by Gasteiger charge is -2.15. The molecule has 4 rings (SSSR count). The summed E-state index contributed by atoms with van der Waals surface area (Å²) in [6, 6.07) is 25.8. The van der Waals surface area contributed by atoms with Crippen molar-refractivity contribution >= 4 is 28.7 Å². The van der Waals surface area contributed by atoms with Crippen molar-refractivity contribution < 1.29 is 4.74 Å². The van der Waals surface area contributed by atoms with Gasteiger partial charge in [0.25, 0.3) is 0 Å². The normalized spacial score (nSPS) is 17.2. The Morgan fingerprint density at radius 3 is 2.45 bits per heavy atom. The van der Waals surface area contributed by atoms with E-state index in [-0.39, 0.29) is 5.92 Å². The van der Waals surface area contributed by atoms with Crippen LogP contribution in [-0.2, 0) is 0 Å². The average molecular weight is 404 g/mol. The molecule has 146 valence electrons. The number of benzene rings is 3. The number of aliphatic imine (C=N–C) groups is 1. The standard InChI is InChI=1S/C24H22ClN3O/c1-2-29-19-14-12-18(13-15-19)27-28-24-21(20-10-6-7-11-22(20)25)16-26-23(24)17-8-4-3-5-9-17/h3-15,21,27H,2,16H2,1H3. The van der Waals surface area contributed by atoms with Crippen LogP contribution in [-0.4, -0.2) is 24.6 Å². The van der Waals surface area contributed by atoms with E-state index in [1.165, 1.54) is 0 Å². The molecular weight excluding hydrogens is 382 g/mol. The number of halogens is 1. The van der Waals surface area contributed by atoms with Gasteiger partial charge in [0.05, 0.1) is 36.2 Å². The van der Waals surface area contributed by atoms with Crippen molar-refractivity contribution in [2.24, 2.45) is 10.1 Å². The van der Waals surface area contributed by atoms with E-state index in [9.17, 15) is 0 Å².